The summed E-state index contributed by atoms with van der Waals surface area (Å²) in [6.45, 7) is 4.82. The number of amides is 1. The molecule has 2 aromatic rings. The van der Waals surface area contributed by atoms with Crippen LogP contribution in [0.1, 0.15) is 36.2 Å². The van der Waals surface area contributed by atoms with Gasteiger partial charge in [0.05, 0.1) is 17.8 Å². The van der Waals surface area contributed by atoms with Crippen molar-refractivity contribution in [2.45, 2.75) is 25.5 Å². The SMILES string of the molecule is CC[C@H]1CN=C(Nc2ccc(/C(C)=N\NC(=O)c3cc(Cl)ccc3O)cc2)S1. The number of nitrogens with zero attached hydrogens (tertiary/aromatic N) is 2. The standard InChI is InChI=1S/C20H21ClN4O2S/c1-3-16-11-22-20(28-16)23-15-7-4-13(5-8-15)12(2)24-25-19(27)17-10-14(21)6-9-18(17)26/h4-10,16,26H,3,11H2,1-2H3,(H,22,23)(H,25,27)/b24-12-/t16-/m0/s1. The molecule has 0 spiro atoms. The van der Waals surface area contributed by atoms with E-state index in [4.69, 9.17) is 11.6 Å². The molecular weight excluding hydrogens is 396 g/mol. The molecule has 0 radical (unpaired) electrons. The van der Waals surface area contributed by atoms with Gasteiger partial charge in [0.25, 0.3) is 5.91 Å². The molecule has 0 saturated heterocycles. The zero-order valence-electron chi connectivity index (χ0n) is 15.6. The van der Waals surface area contributed by atoms with Crippen molar-refractivity contribution < 1.29 is 9.90 Å². The Labute approximate surface area is 173 Å². The summed E-state index contributed by atoms with van der Waals surface area (Å²) >= 11 is 7.63. The van der Waals surface area contributed by atoms with Crippen LogP contribution in [0.5, 0.6) is 5.75 Å². The summed E-state index contributed by atoms with van der Waals surface area (Å²) in [6, 6.07) is 12.0. The van der Waals surface area contributed by atoms with Gasteiger partial charge >= 0.3 is 0 Å². The average molecular weight is 417 g/mol. The molecule has 1 aliphatic rings. The number of aliphatic imine (C=N–C) groups is 1. The van der Waals surface area contributed by atoms with Gasteiger partial charge in [-0.2, -0.15) is 5.10 Å². The van der Waals surface area contributed by atoms with Crippen LogP contribution in [0.15, 0.2) is 52.6 Å². The number of hydrogen-bond acceptors (Lipinski definition) is 6. The van der Waals surface area contributed by atoms with Gasteiger partial charge in [-0.3, -0.25) is 9.79 Å². The molecule has 6 nitrogen and oxygen atoms in total. The van der Waals surface area contributed by atoms with Gasteiger partial charge in [0, 0.05) is 16.0 Å². The highest BCUT2D eigenvalue weighted by Gasteiger charge is 2.17. The van der Waals surface area contributed by atoms with Gasteiger partial charge in [0.1, 0.15) is 5.75 Å². The number of thioether (sulfide) groups is 1. The van der Waals surface area contributed by atoms with Crippen LogP contribution in [0.4, 0.5) is 5.69 Å². The molecule has 0 saturated carbocycles. The lowest BCUT2D eigenvalue weighted by molar-refractivity contribution is 0.0952. The molecule has 0 fully saturated rings. The minimum absolute atomic E-state index is 0.0730. The van der Waals surface area contributed by atoms with Gasteiger partial charge in [-0.1, -0.05) is 42.4 Å². The van der Waals surface area contributed by atoms with Gasteiger partial charge in [-0.25, -0.2) is 5.43 Å². The zero-order valence-corrected chi connectivity index (χ0v) is 17.1. The number of hydrogen-bond donors (Lipinski definition) is 3. The molecule has 0 bridgehead atoms. The Kier molecular flexibility index (Phi) is 6.59. The number of benzene rings is 2. The summed E-state index contributed by atoms with van der Waals surface area (Å²) in [5.41, 5.74) is 4.97. The summed E-state index contributed by atoms with van der Waals surface area (Å²) in [5, 5.41) is 19.1. The highest BCUT2D eigenvalue weighted by atomic mass is 35.5. The minimum atomic E-state index is -0.528. The molecule has 8 heteroatoms. The Bertz CT molecular complexity index is 928. The van der Waals surface area contributed by atoms with Gasteiger partial charge < -0.3 is 10.4 Å². The van der Waals surface area contributed by atoms with Gasteiger partial charge in [-0.15, -0.1) is 0 Å². The fraction of sp³-hybridized carbons (Fsp3) is 0.250. The lowest BCUT2D eigenvalue weighted by atomic mass is 10.1. The van der Waals surface area contributed by atoms with Crippen molar-refractivity contribution in [2.24, 2.45) is 10.1 Å². The van der Waals surface area contributed by atoms with Crippen molar-refractivity contribution in [2.75, 3.05) is 11.9 Å². The molecule has 146 valence electrons. The van der Waals surface area contributed by atoms with Crippen molar-refractivity contribution in [3.05, 3.63) is 58.6 Å². The lowest BCUT2D eigenvalue weighted by Crippen LogP contribution is -2.19. The van der Waals surface area contributed by atoms with Crippen LogP contribution in [0.2, 0.25) is 5.02 Å². The second-order valence-corrected chi connectivity index (χ2v) is 8.02. The highest BCUT2D eigenvalue weighted by Crippen LogP contribution is 2.25. The second-order valence-electron chi connectivity index (χ2n) is 6.30. The Morgan fingerprint density at radius 2 is 2.07 bits per heavy atom. The Morgan fingerprint density at radius 1 is 1.32 bits per heavy atom. The predicted octanol–water partition coefficient (Wildman–Crippen LogP) is 4.49. The molecule has 3 rings (SSSR count). The third kappa shape index (κ3) is 5.05. The monoisotopic (exact) mass is 416 g/mol. The molecular formula is C20H21ClN4O2S. The number of rotatable bonds is 5. The van der Waals surface area contributed by atoms with E-state index in [-0.39, 0.29) is 11.3 Å². The molecule has 1 heterocycles. The third-order valence-electron chi connectivity index (χ3n) is 4.25. The number of phenols is 1. The Balaban J connectivity index is 1.61. The van der Waals surface area contributed by atoms with Crippen molar-refractivity contribution >= 4 is 45.8 Å². The van der Waals surface area contributed by atoms with E-state index in [0.29, 0.717) is 16.0 Å². The summed E-state index contributed by atoms with van der Waals surface area (Å²) in [5.74, 6) is -0.678. The van der Waals surface area contributed by atoms with E-state index in [1.54, 1.807) is 18.7 Å². The number of nitrogens with one attached hydrogen (secondary N) is 2. The molecule has 1 amide bonds. The average Bonchev–Trinajstić information content (AvgIpc) is 3.16. The molecule has 28 heavy (non-hydrogen) atoms. The maximum absolute atomic E-state index is 12.2. The van der Waals surface area contributed by atoms with Gasteiger partial charge in [-0.05, 0) is 49.2 Å². The van der Waals surface area contributed by atoms with Crippen LogP contribution in [-0.2, 0) is 0 Å². The predicted molar refractivity (Wildman–Crippen MR) is 117 cm³/mol. The lowest BCUT2D eigenvalue weighted by Gasteiger charge is -2.08. The molecule has 2 aromatic carbocycles. The van der Waals surface area contributed by atoms with Crippen LogP contribution in [0, 0.1) is 0 Å². The molecule has 0 aromatic heterocycles. The van der Waals surface area contributed by atoms with Crippen LogP contribution >= 0.6 is 23.4 Å². The van der Waals surface area contributed by atoms with E-state index in [1.165, 1.54) is 18.2 Å². The number of amidine groups is 1. The summed E-state index contributed by atoms with van der Waals surface area (Å²) < 4.78 is 0. The van der Waals surface area contributed by atoms with E-state index < -0.39 is 5.91 Å². The summed E-state index contributed by atoms with van der Waals surface area (Å²) in [6.07, 6.45) is 1.10. The van der Waals surface area contributed by atoms with Crippen molar-refractivity contribution in [1.82, 2.24) is 5.43 Å². The van der Waals surface area contributed by atoms with E-state index in [2.05, 4.69) is 27.8 Å². The normalized spacial score (nSPS) is 16.6. The topological polar surface area (TPSA) is 86.1 Å². The molecule has 1 aliphatic heterocycles. The van der Waals surface area contributed by atoms with Gasteiger partial charge in [0.15, 0.2) is 5.17 Å². The molecule has 1 atom stereocenters. The largest absolute Gasteiger partial charge is 0.507 e. The number of carbonyl (C=O) groups excluding carboxylic acids is 1. The minimum Gasteiger partial charge on any atom is -0.507 e. The Hall–Kier alpha value is -2.51. The first-order valence-electron chi connectivity index (χ1n) is 8.88. The quantitative estimate of drug-likeness (QED) is 0.495. The maximum Gasteiger partial charge on any atom is 0.275 e. The third-order valence-corrected chi connectivity index (χ3v) is 5.76. The van der Waals surface area contributed by atoms with E-state index in [1.807, 2.05) is 24.3 Å². The number of carbonyl (C=O) groups is 1. The van der Waals surface area contributed by atoms with Crippen molar-refractivity contribution in [3.63, 3.8) is 0 Å². The number of halogens is 1. The van der Waals surface area contributed by atoms with Crippen LogP contribution in [0.25, 0.3) is 0 Å². The maximum atomic E-state index is 12.2. The van der Waals surface area contributed by atoms with E-state index in [0.717, 1.165) is 29.4 Å². The molecule has 0 unspecified atom stereocenters. The number of anilines is 1. The fourth-order valence-electron chi connectivity index (χ4n) is 2.57. The Morgan fingerprint density at radius 3 is 2.75 bits per heavy atom. The smallest absolute Gasteiger partial charge is 0.275 e. The van der Waals surface area contributed by atoms with Crippen molar-refractivity contribution in [1.29, 1.82) is 0 Å². The second kappa shape index (κ2) is 9.12. The highest BCUT2D eigenvalue weighted by molar-refractivity contribution is 8.15. The zero-order chi connectivity index (χ0) is 20.1. The number of aromatic hydroxyl groups is 1. The van der Waals surface area contributed by atoms with Crippen LogP contribution < -0.4 is 10.7 Å². The first-order chi connectivity index (χ1) is 13.5. The summed E-state index contributed by atoms with van der Waals surface area (Å²) in [4.78, 5) is 16.7. The first kappa shape index (κ1) is 20.2. The van der Waals surface area contributed by atoms with E-state index in [9.17, 15) is 9.90 Å². The van der Waals surface area contributed by atoms with Crippen molar-refractivity contribution in [3.8, 4) is 5.75 Å². The van der Waals surface area contributed by atoms with Gasteiger partial charge in [0.2, 0.25) is 0 Å². The molecule has 3 N–H and O–H groups in total. The fourth-order valence-corrected chi connectivity index (χ4v) is 3.70. The first-order valence-corrected chi connectivity index (χ1v) is 10.1. The van der Waals surface area contributed by atoms with Crippen LogP contribution in [-0.4, -0.2) is 33.7 Å². The van der Waals surface area contributed by atoms with E-state index >= 15 is 0 Å². The van der Waals surface area contributed by atoms with Crippen LogP contribution in [0.3, 0.4) is 0 Å². The summed E-state index contributed by atoms with van der Waals surface area (Å²) in [7, 11) is 0. The number of hydrazone groups is 1. The molecule has 0 aliphatic carbocycles. The number of phenolic OH excluding ortho intramolecular Hbond substituents is 1.